The number of benzene rings is 2. The van der Waals surface area contributed by atoms with Gasteiger partial charge in [0.05, 0.1) is 22.7 Å². The smallest absolute Gasteiger partial charge is 0.266 e. The van der Waals surface area contributed by atoms with E-state index in [1.807, 2.05) is 44.2 Å². The summed E-state index contributed by atoms with van der Waals surface area (Å²) in [5.74, 6) is 0.603. The molecule has 0 fully saturated rings. The molecule has 24 heavy (non-hydrogen) atoms. The third kappa shape index (κ3) is 3.06. The van der Waals surface area contributed by atoms with E-state index in [9.17, 15) is 4.79 Å². The Bertz CT molecular complexity index is 1000. The van der Waals surface area contributed by atoms with E-state index in [-0.39, 0.29) is 5.56 Å². The van der Waals surface area contributed by atoms with Crippen LogP contribution in [0.1, 0.15) is 17.5 Å². The molecule has 3 aromatic rings. The molecular formula is C19H17N3OS. The van der Waals surface area contributed by atoms with E-state index in [0.29, 0.717) is 28.2 Å². The van der Waals surface area contributed by atoms with Crippen LogP contribution in [0.5, 0.6) is 0 Å². The summed E-state index contributed by atoms with van der Waals surface area (Å²) in [5, 5.41) is 10.0. The molecule has 1 aromatic heterocycles. The van der Waals surface area contributed by atoms with Gasteiger partial charge < -0.3 is 0 Å². The SMILES string of the molecule is Cc1ccc(-n2c(SCCC#N)nc3ccccc3c2=O)c(C)c1. The Kier molecular flexibility index (Phi) is 4.68. The summed E-state index contributed by atoms with van der Waals surface area (Å²) in [6.45, 7) is 4.02. The molecule has 2 aromatic carbocycles. The molecule has 0 radical (unpaired) electrons. The van der Waals surface area contributed by atoms with Gasteiger partial charge in [-0.25, -0.2) is 4.98 Å². The molecule has 0 aliphatic carbocycles. The van der Waals surface area contributed by atoms with Crippen LogP contribution in [0.3, 0.4) is 0 Å². The zero-order chi connectivity index (χ0) is 17.1. The van der Waals surface area contributed by atoms with Crippen LogP contribution >= 0.6 is 11.8 Å². The Hall–Kier alpha value is -2.58. The Morgan fingerprint density at radius 2 is 2.00 bits per heavy atom. The van der Waals surface area contributed by atoms with Crippen LogP contribution in [0.2, 0.25) is 0 Å². The van der Waals surface area contributed by atoms with Crippen molar-refractivity contribution in [3.63, 3.8) is 0 Å². The summed E-state index contributed by atoms with van der Waals surface area (Å²) in [6.07, 6.45) is 0.417. The maximum absolute atomic E-state index is 13.1. The fourth-order valence-electron chi connectivity index (χ4n) is 2.67. The number of nitrogens with zero attached hydrogens (tertiary/aromatic N) is 3. The number of hydrogen-bond acceptors (Lipinski definition) is 4. The number of nitriles is 1. The van der Waals surface area contributed by atoms with Crippen LogP contribution in [0, 0.1) is 25.2 Å². The molecule has 0 atom stereocenters. The Morgan fingerprint density at radius 1 is 1.21 bits per heavy atom. The first-order valence-corrected chi connectivity index (χ1v) is 8.69. The van der Waals surface area contributed by atoms with Gasteiger partial charge in [0.1, 0.15) is 0 Å². The van der Waals surface area contributed by atoms with Gasteiger partial charge >= 0.3 is 0 Å². The Morgan fingerprint density at radius 3 is 2.75 bits per heavy atom. The summed E-state index contributed by atoms with van der Waals surface area (Å²) >= 11 is 1.44. The van der Waals surface area contributed by atoms with E-state index in [2.05, 4.69) is 17.1 Å². The molecule has 0 aliphatic rings. The van der Waals surface area contributed by atoms with E-state index in [0.717, 1.165) is 16.8 Å². The lowest BCUT2D eigenvalue weighted by Crippen LogP contribution is -2.22. The summed E-state index contributed by atoms with van der Waals surface area (Å²) < 4.78 is 1.67. The number of rotatable bonds is 4. The van der Waals surface area contributed by atoms with Crippen LogP contribution < -0.4 is 5.56 Å². The minimum absolute atomic E-state index is 0.0768. The molecule has 0 saturated heterocycles. The van der Waals surface area contributed by atoms with Gasteiger partial charge in [-0.05, 0) is 37.6 Å². The topological polar surface area (TPSA) is 58.7 Å². The fraction of sp³-hybridized carbons (Fsp3) is 0.211. The molecular weight excluding hydrogens is 318 g/mol. The van der Waals surface area contributed by atoms with Crippen LogP contribution in [0.4, 0.5) is 0 Å². The normalized spacial score (nSPS) is 10.7. The number of aryl methyl sites for hydroxylation is 2. The van der Waals surface area contributed by atoms with Crippen molar-refractivity contribution >= 4 is 22.7 Å². The predicted molar refractivity (Wildman–Crippen MR) is 97.8 cm³/mol. The van der Waals surface area contributed by atoms with Gasteiger partial charge in [-0.3, -0.25) is 9.36 Å². The fourth-order valence-corrected chi connectivity index (χ4v) is 3.52. The number of thioether (sulfide) groups is 1. The lowest BCUT2D eigenvalue weighted by molar-refractivity contribution is 0.814. The van der Waals surface area contributed by atoms with Crippen molar-refractivity contribution in [2.24, 2.45) is 0 Å². The Balaban J connectivity index is 2.27. The first kappa shape index (κ1) is 16.3. The van der Waals surface area contributed by atoms with E-state index >= 15 is 0 Å². The van der Waals surface area contributed by atoms with Gasteiger partial charge in [-0.15, -0.1) is 0 Å². The van der Waals surface area contributed by atoms with Gasteiger partial charge in [0.2, 0.25) is 0 Å². The zero-order valence-electron chi connectivity index (χ0n) is 13.6. The van der Waals surface area contributed by atoms with E-state index in [4.69, 9.17) is 5.26 Å². The van der Waals surface area contributed by atoms with Crippen molar-refractivity contribution in [1.29, 1.82) is 5.26 Å². The second-order valence-electron chi connectivity index (χ2n) is 5.60. The monoisotopic (exact) mass is 335 g/mol. The van der Waals surface area contributed by atoms with Crippen molar-refractivity contribution in [1.82, 2.24) is 9.55 Å². The van der Waals surface area contributed by atoms with E-state index in [1.165, 1.54) is 11.8 Å². The molecule has 0 aliphatic heterocycles. The van der Waals surface area contributed by atoms with E-state index in [1.54, 1.807) is 10.6 Å². The van der Waals surface area contributed by atoms with E-state index < -0.39 is 0 Å². The molecule has 120 valence electrons. The molecule has 0 bridgehead atoms. The van der Waals surface area contributed by atoms with Crippen LogP contribution in [0.25, 0.3) is 16.6 Å². The minimum atomic E-state index is -0.0768. The summed E-state index contributed by atoms with van der Waals surface area (Å²) in [4.78, 5) is 17.7. The minimum Gasteiger partial charge on any atom is -0.268 e. The average Bonchev–Trinajstić information content (AvgIpc) is 2.57. The molecule has 1 heterocycles. The first-order valence-electron chi connectivity index (χ1n) is 7.71. The van der Waals surface area contributed by atoms with Crippen molar-refractivity contribution in [3.8, 4) is 11.8 Å². The van der Waals surface area contributed by atoms with Gasteiger partial charge in [0.25, 0.3) is 5.56 Å². The molecule has 0 spiro atoms. The summed E-state index contributed by atoms with van der Waals surface area (Å²) in [6, 6.07) is 15.5. The molecule has 0 amide bonds. The standard InChI is InChI=1S/C19H17N3OS/c1-13-8-9-17(14(2)12-13)22-18(23)15-6-3-4-7-16(15)21-19(22)24-11-5-10-20/h3-4,6-9,12H,5,11H2,1-2H3. The third-order valence-electron chi connectivity index (χ3n) is 3.78. The zero-order valence-corrected chi connectivity index (χ0v) is 14.4. The maximum atomic E-state index is 13.1. The highest BCUT2D eigenvalue weighted by Crippen LogP contribution is 2.24. The van der Waals surface area contributed by atoms with Crippen molar-refractivity contribution in [2.45, 2.75) is 25.4 Å². The highest BCUT2D eigenvalue weighted by molar-refractivity contribution is 7.99. The van der Waals surface area contributed by atoms with Crippen molar-refractivity contribution in [2.75, 3.05) is 5.75 Å². The third-order valence-corrected chi connectivity index (χ3v) is 4.72. The second-order valence-corrected chi connectivity index (χ2v) is 6.66. The van der Waals surface area contributed by atoms with Crippen LogP contribution in [-0.2, 0) is 0 Å². The second kappa shape index (κ2) is 6.90. The lowest BCUT2D eigenvalue weighted by atomic mass is 10.1. The highest BCUT2D eigenvalue weighted by Gasteiger charge is 2.14. The average molecular weight is 335 g/mol. The molecule has 4 nitrogen and oxygen atoms in total. The van der Waals surface area contributed by atoms with Crippen LogP contribution in [0.15, 0.2) is 52.4 Å². The number of para-hydroxylation sites is 1. The van der Waals surface area contributed by atoms with Gasteiger partial charge in [-0.2, -0.15) is 5.26 Å². The molecule has 0 unspecified atom stereocenters. The Labute approximate surface area is 144 Å². The summed E-state index contributed by atoms with van der Waals surface area (Å²) in [5.41, 5.74) is 3.62. The predicted octanol–water partition coefficient (Wildman–Crippen LogP) is 4.01. The number of hydrogen-bond donors (Lipinski definition) is 0. The number of fused-ring (bicyclic) bond motifs is 1. The largest absolute Gasteiger partial charge is 0.268 e. The highest BCUT2D eigenvalue weighted by atomic mass is 32.2. The molecule has 0 saturated carbocycles. The van der Waals surface area contributed by atoms with Crippen LogP contribution in [-0.4, -0.2) is 15.3 Å². The number of aromatic nitrogens is 2. The maximum Gasteiger partial charge on any atom is 0.266 e. The van der Waals surface area contributed by atoms with Crippen molar-refractivity contribution in [3.05, 3.63) is 63.9 Å². The van der Waals surface area contributed by atoms with Gasteiger partial charge in [-0.1, -0.05) is 41.6 Å². The molecule has 3 rings (SSSR count). The van der Waals surface area contributed by atoms with Gasteiger partial charge in [0.15, 0.2) is 5.16 Å². The first-order chi connectivity index (χ1) is 11.6. The molecule has 0 N–H and O–H groups in total. The van der Waals surface area contributed by atoms with Crippen molar-refractivity contribution < 1.29 is 0 Å². The molecule has 5 heteroatoms. The summed E-state index contributed by atoms with van der Waals surface area (Å²) in [7, 11) is 0. The van der Waals surface area contributed by atoms with Gasteiger partial charge in [0, 0.05) is 12.2 Å². The lowest BCUT2D eigenvalue weighted by Gasteiger charge is -2.15. The quantitative estimate of drug-likeness (QED) is 0.411.